The van der Waals surface area contributed by atoms with E-state index in [1.54, 1.807) is 0 Å². The molecule has 1 amide bonds. The fourth-order valence-corrected chi connectivity index (χ4v) is 1.49. The summed E-state index contributed by atoms with van der Waals surface area (Å²) in [5.41, 5.74) is 10.7. The second-order valence-corrected chi connectivity index (χ2v) is 3.32. The number of carbonyl (C=O) groups excluding carboxylic acids is 1. The lowest BCUT2D eigenvalue weighted by Gasteiger charge is -2.12. The Morgan fingerprint density at radius 2 is 2.21 bits per heavy atom. The van der Waals surface area contributed by atoms with Gasteiger partial charge in [0.1, 0.15) is 5.82 Å². The monoisotopic (exact) mass is 216 g/mol. The normalized spacial score (nSPS) is 12.5. The van der Waals surface area contributed by atoms with Crippen LogP contribution in [0.25, 0.3) is 0 Å². The summed E-state index contributed by atoms with van der Waals surface area (Å²) in [6.07, 6.45) is -0.124. The van der Waals surface area contributed by atoms with E-state index < -0.39 is 17.8 Å². The van der Waals surface area contributed by atoms with Crippen molar-refractivity contribution in [1.82, 2.24) is 0 Å². The summed E-state index contributed by atoms with van der Waals surface area (Å²) in [5.74, 6) is -1.11. The lowest BCUT2D eigenvalue weighted by Crippen LogP contribution is -2.21. The molecule has 76 valence electrons. The second-order valence-electron chi connectivity index (χ2n) is 2.91. The van der Waals surface area contributed by atoms with E-state index >= 15 is 0 Å². The molecule has 0 fully saturated rings. The Bertz CT molecular complexity index is 336. The van der Waals surface area contributed by atoms with E-state index in [-0.39, 0.29) is 17.0 Å². The van der Waals surface area contributed by atoms with Crippen LogP contribution in [0, 0.1) is 5.82 Å². The predicted molar refractivity (Wildman–Crippen MR) is 52.1 cm³/mol. The van der Waals surface area contributed by atoms with Crippen LogP contribution in [0.5, 0.6) is 0 Å². The van der Waals surface area contributed by atoms with E-state index in [9.17, 15) is 9.18 Å². The standard InChI is InChI=1S/C9H10ClFN2O/c10-5-2-1-3-6(11)9(5)7(12)4-8(13)14/h1-3,7H,4,12H2,(H2,13,14)/t7-/m1/s1. The highest BCUT2D eigenvalue weighted by atomic mass is 35.5. The van der Waals surface area contributed by atoms with Crippen LogP contribution in [0.3, 0.4) is 0 Å². The molecule has 0 aliphatic rings. The zero-order chi connectivity index (χ0) is 10.7. The first-order chi connectivity index (χ1) is 6.52. The molecule has 0 saturated carbocycles. The Hall–Kier alpha value is -1.13. The third-order valence-electron chi connectivity index (χ3n) is 1.79. The highest BCUT2D eigenvalue weighted by Gasteiger charge is 2.16. The number of carbonyl (C=O) groups is 1. The first-order valence-electron chi connectivity index (χ1n) is 4.00. The van der Waals surface area contributed by atoms with Crippen molar-refractivity contribution in [2.75, 3.05) is 0 Å². The van der Waals surface area contributed by atoms with Gasteiger partial charge < -0.3 is 11.5 Å². The largest absolute Gasteiger partial charge is 0.370 e. The van der Waals surface area contributed by atoms with E-state index in [2.05, 4.69) is 0 Å². The van der Waals surface area contributed by atoms with E-state index in [0.717, 1.165) is 0 Å². The van der Waals surface area contributed by atoms with Gasteiger partial charge in [-0.3, -0.25) is 4.79 Å². The van der Waals surface area contributed by atoms with Crippen LogP contribution in [0.4, 0.5) is 4.39 Å². The molecule has 0 saturated heterocycles. The van der Waals surface area contributed by atoms with Crippen LogP contribution < -0.4 is 11.5 Å². The Labute approximate surface area is 85.8 Å². The number of benzene rings is 1. The number of amides is 1. The molecule has 1 rings (SSSR count). The molecule has 0 aromatic heterocycles. The van der Waals surface area contributed by atoms with Gasteiger partial charge in [-0.1, -0.05) is 17.7 Å². The lowest BCUT2D eigenvalue weighted by molar-refractivity contribution is -0.118. The molecule has 0 radical (unpaired) electrons. The van der Waals surface area contributed by atoms with Crippen LogP contribution in [0.1, 0.15) is 18.0 Å². The topological polar surface area (TPSA) is 69.1 Å². The third kappa shape index (κ3) is 2.43. The highest BCUT2D eigenvalue weighted by Crippen LogP contribution is 2.25. The van der Waals surface area contributed by atoms with Crippen LogP contribution in [-0.4, -0.2) is 5.91 Å². The van der Waals surface area contributed by atoms with Gasteiger partial charge in [0, 0.05) is 23.0 Å². The van der Waals surface area contributed by atoms with Gasteiger partial charge in [0.05, 0.1) is 0 Å². The number of rotatable bonds is 3. The number of hydrogen-bond donors (Lipinski definition) is 2. The lowest BCUT2D eigenvalue weighted by atomic mass is 10.0. The molecule has 3 nitrogen and oxygen atoms in total. The summed E-state index contributed by atoms with van der Waals surface area (Å²) < 4.78 is 13.2. The number of halogens is 2. The van der Waals surface area contributed by atoms with Crippen molar-refractivity contribution >= 4 is 17.5 Å². The highest BCUT2D eigenvalue weighted by molar-refractivity contribution is 6.31. The number of primary amides is 1. The van der Waals surface area contributed by atoms with Crippen molar-refractivity contribution in [2.24, 2.45) is 11.5 Å². The maximum atomic E-state index is 13.2. The molecule has 0 bridgehead atoms. The first-order valence-corrected chi connectivity index (χ1v) is 4.38. The van der Waals surface area contributed by atoms with E-state index in [1.165, 1.54) is 18.2 Å². The Kier molecular flexibility index (Phi) is 3.43. The molecule has 4 N–H and O–H groups in total. The maximum absolute atomic E-state index is 13.2. The van der Waals surface area contributed by atoms with E-state index in [4.69, 9.17) is 23.1 Å². The number of nitrogens with two attached hydrogens (primary N) is 2. The van der Waals surface area contributed by atoms with Crippen molar-refractivity contribution in [3.05, 3.63) is 34.6 Å². The van der Waals surface area contributed by atoms with Crippen LogP contribution in [0.15, 0.2) is 18.2 Å². The first kappa shape index (κ1) is 10.9. The fraction of sp³-hybridized carbons (Fsp3) is 0.222. The zero-order valence-electron chi connectivity index (χ0n) is 7.34. The quantitative estimate of drug-likeness (QED) is 0.801. The summed E-state index contributed by atoms with van der Waals surface area (Å²) >= 11 is 5.74. The average Bonchev–Trinajstić information content (AvgIpc) is 2.01. The summed E-state index contributed by atoms with van der Waals surface area (Å²) in [4.78, 5) is 10.6. The van der Waals surface area contributed by atoms with Gasteiger partial charge in [0.15, 0.2) is 0 Å². The van der Waals surface area contributed by atoms with Gasteiger partial charge in [-0.2, -0.15) is 0 Å². The fourth-order valence-electron chi connectivity index (χ4n) is 1.18. The molecule has 0 aliphatic heterocycles. The summed E-state index contributed by atoms with van der Waals surface area (Å²) in [5, 5.41) is 0.207. The van der Waals surface area contributed by atoms with Gasteiger partial charge in [-0.25, -0.2) is 4.39 Å². The third-order valence-corrected chi connectivity index (χ3v) is 2.12. The van der Waals surface area contributed by atoms with Crippen molar-refractivity contribution in [2.45, 2.75) is 12.5 Å². The molecule has 5 heteroatoms. The van der Waals surface area contributed by atoms with E-state index in [0.29, 0.717) is 0 Å². The molecule has 1 atom stereocenters. The molecule has 1 aromatic carbocycles. The SMILES string of the molecule is NC(=O)C[C@@H](N)c1c(F)cccc1Cl. The van der Waals surface area contributed by atoms with Crippen LogP contribution in [0.2, 0.25) is 5.02 Å². The maximum Gasteiger partial charge on any atom is 0.219 e. The predicted octanol–water partition coefficient (Wildman–Crippen LogP) is 1.35. The van der Waals surface area contributed by atoms with Gasteiger partial charge in [-0.05, 0) is 12.1 Å². The Morgan fingerprint density at radius 1 is 1.57 bits per heavy atom. The molecule has 0 unspecified atom stereocenters. The summed E-state index contributed by atoms with van der Waals surface area (Å²) in [7, 11) is 0. The summed E-state index contributed by atoms with van der Waals surface area (Å²) in [6.45, 7) is 0. The molecule has 0 aliphatic carbocycles. The van der Waals surface area contributed by atoms with Crippen LogP contribution in [-0.2, 0) is 4.79 Å². The molecule has 1 aromatic rings. The Balaban J connectivity index is 2.99. The van der Waals surface area contributed by atoms with Crippen molar-refractivity contribution in [3.8, 4) is 0 Å². The smallest absolute Gasteiger partial charge is 0.219 e. The van der Waals surface area contributed by atoms with Crippen molar-refractivity contribution < 1.29 is 9.18 Å². The van der Waals surface area contributed by atoms with Crippen LogP contribution >= 0.6 is 11.6 Å². The molecule has 14 heavy (non-hydrogen) atoms. The van der Waals surface area contributed by atoms with Crippen molar-refractivity contribution in [3.63, 3.8) is 0 Å². The average molecular weight is 217 g/mol. The minimum Gasteiger partial charge on any atom is -0.370 e. The second kappa shape index (κ2) is 4.39. The van der Waals surface area contributed by atoms with E-state index in [1.807, 2.05) is 0 Å². The summed E-state index contributed by atoms with van der Waals surface area (Å²) in [6, 6.07) is 3.43. The minimum atomic E-state index is -0.791. The van der Waals surface area contributed by atoms with Gasteiger partial charge in [0.2, 0.25) is 5.91 Å². The number of hydrogen-bond acceptors (Lipinski definition) is 2. The molecule has 0 spiro atoms. The molecular weight excluding hydrogens is 207 g/mol. The molecular formula is C9H10ClFN2O. The minimum absolute atomic E-state index is 0.124. The zero-order valence-corrected chi connectivity index (χ0v) is 8.09. The van der Waals surface area contributed by atoms with Gasteiger partial charge in [-0.15, -0.1) is 0 Å². The van der Waals surface area contributed by atoms with Gasteiger partial charge in [0.25, 0.3) is 0 Å². The van der Waals surface area contributed by atoms with Crippen molar-refractivity contribution in [1.29, 1.82) is 0 Å². The Morgan fingerprint density at radius 3 is 2.71 bits per heavy atom. The van der Waals surface area contributed by atoms with Gasteiger partial charge >= 0.3 is 0 Å². The molecule has 0 heterocycles.